The summed E-state index contributed by atoms with van der Waals surface area (Å²) < 4.78 is 38.7. The second-order valence-electron chi connectivity index (χ2n) is 4.23. The number of hydrogen-bond acceptors (Lipinski definition) is 2. The predicted molar refractivity (Wildman–Crippen MR) is 71.5 cm³/mol. The zero-order valence-corrected chi connectivity index (χ0v) is 11.2. The van der Waals surface area contributed by atoms with Crippen LogP contribution in [0.15, 0.2) is 48.5 Å². The molecule has 0 aliphatic carbocycles. The van der Waals surface area contributed by atoms with E-state index in [0.29, 0.717) is 0 Å². The number of ketones is 1. The Bertz CT molecular complexity index is 708. The summed E-state index contributed by atoms with van der Waals surface area (Å²) in [5.41, 5.74) is -1.47. The van der Waals surface area contributed by atoms with Crippen molar-refractivity contribution in [2.45, 2.75) is 6.18 Å². The van der Waals surface area contributed by atoms with Crippen LogP contribution in [0, 0.1) is 0 Å². The Kier molecular flexibility index (Phi) is 4.14. The molecule has 0 aromatic heterocycles. The van der Waals surface area contributed by atoms with E-state index in [1.165, 1.54) is 36.4 Å². The molecule has 2 aromatic carbocycles. The highest BCUT2D eigenvalue weighted by Gasteiger charge is 2.35. The van der Waals surface area contributed by atoms with Gasteiger partial charge in [-0.1, -0.05) is 36.4 Å². The Hall–Kier alpha value is -2.14. The lowest BCUT2D eigenvalue weighted by Gasteiger charge is -2.12. The maximum Gasteiger partial charge on any atom is 0.417 e. The Morgan fingerprint density at radius 2 is 1.52 bits per heavy atom. The van der Waals surface area contributed by atoms with Crippen molar-refractivity contribution in [3.05, 3.63) is 70.8 Å². The van der Waals surface area contributed by atoms with Crippen molar-refractivity contribution >= 4 is 22.6 Å². The molecule has 0 N–H and O–H groups in total. The van der Waals surface area contributed by atoms with Crippen molar-refractivity contribution in [1.29, 1.82) is 0 Å². The van der Waals surface area contributed by atoms with Crippen LogP contribution in [0.5, 0.6) is 0 Å². The van der Waals surface area contributed by atoms with Crippen molar-refractivity contribution < 1.29 is 22.8 Å². The molecule has 0 saturated heterocycles. The van der Waals surface area contributed by atoms with Gasteiger partial charge in [-0.15, -0.1) is 0 Å². The molecule has 0 heterocycles. The second-order valence-corrected chi connectivity index (χ2v) is 4.57. The number of benzene rings is 2. The SMILES string of the molecule is O=C(Cl)c1cccc(C(=O)c2ccccc2C(F)(F)F)c1. The molecule has 0 unspecified atom stereocenters. The van der Waals surface area contributed by atoms with Crippen LogP contribution in [0.3, 0.4) is 0 Å². The van der Waals surface area contributed by atoms with Gasteiger partial charge in [-0.3, -0.25) is 9.59 Å². The Morgan fingerprint density at radius 1 is 0.905 bits per heavy atom. The number of alkyl halides is 3. The van der Waals surface area contributed by atoms with Crippen LogP contribution >= 0.6 is 11.6 Å². The van der Waals surface area contributed by atoms with Crippen LogP contribution in [0.4, 0.5) is 13.2 Å². The maximum atomic E-state index is 12.9. The largest absolute Gasteiger partial charge is 0.417 e. The quantitative estimate of drug-likeness (QED) is 0.625. The fourth-order valence-corrected chi connectivity index (χ4v) is 1.98. The zero-order valence-electron chi connectivity index (χ0n) is 10.4. The van der Waals surface area contributed by atoms with E-state index in [1.54, 1.807) is 0 Å². The highest BCUT2D eigenvalue weighted by atomic mass is 35.5. The normalized spacial score (nSPS) is 11.2. The molecular weight excluding hydrogens is 305 g/mol. The van der Waals surface area contributed by atoms with Gasteiger partial charge in [0.15, 0.2) is 5.78 Å². The Balaban J connectivity index is 2.51. The average molecular weight is 313 g/mol. The third-order valence-corrected chi connectivity index (χ3v) is 3.05. The van der Waals surface area contributed by atoms with E-state index in [4.69, 9.17) is 11.6 Å². The van der Waals surface area contributed by atoms with E-state index >= 15 is 0 Å². The standard InChI is InChI=1S/C15H8ClF3O2/c16-14(21)10-5-3-4-9(8-10)13(20)11-6-1-2-7-12(11)15(17,18)19/h1-8H. The summed E-state index contributed by atoms with van der Waals surface area (Å²) in [6.07, 6.45) is -4.63. The average Bonchev–Trinajstić information content (AvgIpc) is 2.45. The van der Waals surface area contributed by atoms with Crippen LogP contribution in [0.25, 0.3) is 0 Å². The highest BCUT2D eigenvalue weighted by molar-refractivity contribution is 6.67. The van der Waals surface area contributed by atoms with Crippen molar-refractivity contribution in [2.75, 3.05) is 0 Å². The van der Waals surface area contributed by atoms with Crippen LogP contribution in [0.2, 0.25) is 0 Å². The van der Waals surface area contributed by atoms with Gasteiger partial charge in [-0.05, 0) is 23.7 Å². The first kappa shape index (κ1) is 15.3. The Labute approximate surface area is 123 Å². The smallest absolute Gasteiger partial charge is 0.289 e. The van der Waals surface area contributed by atoms with Crippen molar-refractivity contribution in [2.24, 2.45) is 0 Å². The monoisotopic (exact) mass is 312 g/mol. The second kappa shape index (κ2) is 5.69. The van der Waals surface area contributed by atoms with Crippen LogP contribution < -0.4 is 0 Å². The van der Waals surface area contributed by atoms with Gasteiger partial charge in [-0.25, -0.2) is 0 Å². The van der Waals surface area contributed by atoms with E-state index in [2.05, 4.69) is 0 Å². The topological polar surface area (TPSA) is 34.1 Å². The minimum atomic E-state index is -4.63. The van der Waals surface area contributed by atoms with Gasteiger partial charge in [0.2, 0.25) is 0 Å². The van der Waals surface area contributed by atoms with E-state index in [1.807, 2.05) is 0 Å². The molecule has 6 heteroatoms. The summed E-state index contributed by atoms with van der Waals surface area (Å²) in [7, 11) is 0. The van der Waals surface area contributed by atoms with Crippen LogP contribution in [-0.4, -0.2) is 11.0 Å². The first-order valence-corrected chi connectivity index (χ1v) is 6.19. The first-order valence-electron chi connectivity index (χ1n) is 5.81. The van der Waals surface area contributed by atoms with Gasteiger partial charge in [0.25, 0.3) is 5.24 Å². The summed E-state index contributed by atoms with van der Waals surface area (Å²) in [5.74, 6) is -0.817. The summed E-state index contributed by atoms with van der Waals surface area (Å²) >= 11 is 5.30. The molecule has 2 aromatic rings. The van der Waals surface area contributed by atoms with Crippen molar-refractivity contribution in [3.8, 4) is 0 Å². The zero-order chi connectivity index (χ0) is 15.6. The lowest BCUT2D eigenvalue weighted by atomic mass is 9.97. The molecule has 2 rings (SSSR count). The van der Waals surface area contributed by atoms with Gasteiger partial charge in [-0.2, -0.15) is 13.2 Å². The third kappa shape index (κ3) is 3.31. The summed E-state index contributed by atoms with van der Waals surface area (Å²) in [4.78, 5) is 23.3. The van der Waals surface area contributed by atoms with Gasteiger partial charge >= 0.3 is 6.18 Å². The van der Waals surface area contributed by atoms with Gasteiger partial charge < -0.3 is 0 Å². The number of carbonyl (C=O) groups is 2. The van der Waals surface area contributed by atoms with Crippen molar-refractivity contribution in [3.63, 3.8) is 0 Å². The molecule has 0 amide bonds. The fourth-order valence-electron chi connectivity index (χ4n) is 1.87. The lowest BCUT2D eigenvalue weighted by Crippen LogP contribution is -2.13. The minimum Gasteiger partial charge on any atom is -0.289 e. The third-order valence-electron chi connectivity index (χ3n) is 2.83. The van der Waals surface area contributed by atoms with Gasteiger partial charge in [0.05, 0.1) is 5.56 Å². The lowest BCUT2D eigenvalue weighted by molar-refractivity contribution is -0.137. The number of rotatable bonds is 3. The fraction of sp³-hybridized carbons (Fsp3) is 0.0667. The summed E-state index contributed by atoms with van der Waals surface area (Å²) in [6.45, 7) is 0. The highest BCUT2D eigenvalue weighted by Crippen LogP contribution is 2.32. The summed E-state index contributed by atoms with van der Waals surface area (Å²) in [6, 6.07) is 9.76. The van der Waals surface area contributed by atoms with Gasteiger partial charge in [0.1, 0.15) is 0 Å². The predicted octanol–water partition coefficient (Wildman–Crippen LogP) is 4.32. The van der Waals surface area contributed by atoms with Crippen molar-refractivity contribution in [1.82, 2.24) is 0 Å². The van der Waals surface area contributed by atoms with E-state index < -0.39 is 28.3 Å². The molecule has 0 fully saturated rings. The van der Waals surface area contributed by atoms with Crippen LogP contribution in [-0.2, 0) is 6.18 Å². The maximum absolute atomic E-state index is 12.9. The molecule has 0 spiro atoms. The van der Waals surface area contributed by atoms with E-state index in [0.717, 1.165) is 12.1 Å². The molecule has 21 heavy (non-hydrogen) atoms. The molecule has 2 nitrogen and oxygen atoms in total. The first-order chi connectivity index (χ1) is 9.80. The molecular formula is C15H8ClF3O2. The number of hydrogen-bond donors (Lipinski definition) is 0. The molecule has 108 valence electrons. The van der Waals surface area contributed by atoms with E-state index in [-0.39, 0.29) is 11.1 Å². The molecule has 0 atom stereocenters. The molecule has 0 saturated carbocycles. The Morgan fingerprint density at radius 3 is 2.14 bits per heavy atom. The number of carbonyl (C=O) groups excluding carboxylic acids is 2. The molecule has 0 aliphatic rings. The molecule has 0 radical (unpaired) electrons. The number of halogens is 4. The van der Waals surface area contributed by atoms with E-state index in [9.17, 15) is 22.8 Å². The summed E-state index contributed by atoms with van der Waals surface area (Å²) in [5, 5.41) is -0.784. The molecule has 0 bridgehead atoms. The molecule has 0 aliphatic heterocycles. The van der Waals surface area contributed by atoms with Crippen LogP contribution in [0.1, 0.15) is 31.8 Å². The minimum absolute atomic E-state index is 0.0294. The van der Waals surface area contributed by atoms with Gasteiger partial charge in [0, 0.05) is 16.7 Å².